The Morgan fingerprint density at radius 1 is 1.07 bits per heavy atom. The maximum atomic E-state index is 13.7. The van der Waals surface area contributed by atoms with Crippen molar-refractivity contribution in [3.8, 4) is 17.0 Å². The van der Waals surface area contributed by atoms with E-state index in [1.165, 1.54) is 22.4 Å². The van der Waals surface area contributed by atoms with E-state index in [1.807, 2.05) is 32.0 Å². The maximum absolute atomic E-state index is 13.7. The lowest BCUT2D eigenvalue weighted by Crippen LogP contribution is -2.55. The largest absolute Gasteiger partial charge is 0.497 e. The third kappa shape index (κ3) is 7.39. The lowest BCUT2D eigenvalue weighted by molar-refractivity contribution is -0.140. The topological polar surface area (TPSA) is 133 Å². The summed E-state index contributed by atoms with van der Waals surface area (Å²) in [7, 11) is 1.63. The van der Waals surface area contributed by atoms with Crippen LogP contribution in [0.25, 0.3) is 22.2 Å². The number of aryl methyl sites for hydroxylation is 2. The van der Waals surface area contributed by atoms with Crippen LogP contribution in [0.5, 0.6) is 5.75 Å². The molecule has 0 spiro atoms. The molecule has 5 rings (SSSR count). The number of hydrogen-bond donors (Lipinski definition) is 2. The van der Waals surface area contributed by atoms with Crippen molar-refractivity contribution in [3.05, 3.63) is 59.2 Å². The Balaban J connectivity index is 1.37. The molecule has 3 atom stereocenters. The first-order chi connectivity index (χ1) is 21.3. The van der Waals surface area contributed by atoms with Gasteiger partial charge in [-0.15, -0.1) is 0 Å². The lowest BCUT2D eigenvalue weighted by Gasteiger charge is -2.30. The fourth-order valence-electron chi connectivity index (χ4n) is 6.17. The van der Waals surface area contributed by atoms with Gasteiger partial charge in [0, 0.05) is 30.0 Å². The van der Waals surface area contributed by atoms with Crippen molar-refractivity contribution in [2.24, 2.45) is 11.7 Å². The third-order valence-corrected chi connectivity index (χ3v) is 8.45. The summed E-state index contributed by atoms with van der Waals surface area (Å²) in [6.07, 6.45) is 2.47. The van der Waals surface area contributed by atoms with E-state index in [1.54, 1.807) is 27.9 Å². The summed E-state index contributed by atoms with van der Waals surface area (Å²) in [6.45, 7) is 9.31. The Bertz CT molecular complexity index is 1600. The maximum Gasteiger partial charge on any atom is 0.408 e. The van der Waals surface area contributed by atoms with Crippen molar-refractivity contribution >= 4 is 28.8 Å². The van der Waals surface area contributed by atoms with E-state index >= 15 is 0 Å². The average Bonchev–Trinajstić information content (AvgIpc) is 3.64. The summed E-state index contributed by atoms with van der Waals surface area (Å²) >= 11 is 0. The fourth-order valence-corrected chi connectivity index (χ4v) is 6.17. The molecule has 10 nitrogen and oxygen atoms in total. The van der Waals surface area contributed by atoms with Gasteiger partial charge >= 0.3 is 6.09 Å². The Hall–Kier alpha value is -4.18. The highest BCUT2D eigenvalue weighted by atomic mass is 16.6. The molecule has 3 N–H and O–H groups in total. The number of nitrogens with two attached hydrogens (primary N) is 1. The van der Waals surface area contributed by atoms with Crippen LogP contribution >= 0.6 is 0 Å². The van der Waals surface area contributed by atoms with Crippen molar-refractivity contribution in [1.82, 2.24) is 15.2 Å². The number of methoxy groups -OCH3 is 1. The number of nitrogens with zero attached hydrogens (tertiary/aromatic N) is 2. The van der Waals surface area contributed by atoms with Gasteiger partial charge < -0.3 is 30.2 Å². The van der Waals surface area contributed by atoms with Gasteiger partial charge in [-0.2, -0.15) is 0 Å². The number of ether oxygens (including phenoxy) is 3. The molecule has 0 saturated carbocycles. The summed E-state index contributed by atoms with van der Waals surface area (Å²) in [5, 5.41) is 3.62. The van der Waals surface area contributed by atoms with E-state index < -0.39 is 41.7 Å². The minimum Gasteiger partial charge on any atom is -0.497 e. The highest BCUT2D eigenvalue weighted by Gasteiger charge is 2.42. The molecule has 2 aromatic carbocycles. The molecule has 3 amide bonds. The first-order valence-electron chi connectivity index (χ1n) is 15.6. The molecule has 1 aromatic heterocycles. The number of amides is 3. The first kappa shape index (κ1) is 32.2. The second-order valence-electron chi connectivity index (χ2n) is 13.3. The van der Waals surface area contributed by atoms with Crippen LogP contribution < -0.4 is 15.8 Å². The van der Waals surface area contributed by atoms with Gasteiger partial charge in [0.25, 0.3) is 0 Å². The molecule has 10 heteroatoms. The quantitative estimate of drug-likeness (QED) is 0.349. The molecule has 2 heterocycles. The number of aromatic nitrogens is 1. The predicted molar refractivity (Wildman–Crippen MR) is 172 cm³/mol. The minimum atomic E-state index is -0.894. The summed E-state index contributed by atoms with van der Waals surface area (Å²) < 4.78 is 17.2. The van der Waals surface area contributed by atoms with Gasteiger partial charge in [-0.1, -0.05) is 26.0 Å². The molecule has 3 aromatic rings. The number of fused-ring (bicyclic) bond motifs is 2. The highest BCUT2D eigenvalue weighted by molar-refractivity contribution is 5.91. The highest BCUT2D eigenvalue weighted by Crippen LogP contribution is 2.32. The third-order valence-electron chi connectivity index (χ3n) is 8.45. The molecule has 0 radical (unpaired) electrons. The van der Waals surface area contributed by atoms with Gasteiger partial charge in [-0.25, -0.2) is 9.78 Å². The number of carbonyl (C=O) groups excluding carboxylic acids is 3. The van der Waals surface area contributed by atoms with Crippen molar-refractivity contribution < 1.29 is 28.6 Å². The number of rotatable bonds is 9. The number of nitrogens with one attached hydrogen (secondary N) is 1. The molecule has 0 bridgehead atoms. The predicted octanol–water partition coefficient (Wildman–Crippen LogP) is 4.92. The second kappa shape index (κ2) is 13.0. The number of benzene rings is 2. The molecule has 1 saturated heterocycles. The number of likely N-dealkylation sites (tertiary alicyclic amines) is 1. The average molecular weight is 617 g/mol. The number of carbonyl (C=O) groups is 3. The van der Waals surface area contributed by atoms with E-state index in [-0.39, 0.29) is 25.5 Å². The molecule has 240 valence electrons. The van der Waals surface area contributed by atoms with Gasteiger partial charge in [-0.3, -0.25) is 9.59 Å². The van der Waals surface area contributed by atoms with Crippen LogP contribution in [0.3, 0.4) is 0 Å². The van der Waals surface area contributed by atoms with Gasteiger partial charge in [0.2, 0.25) is 11.8 Å². The molecule has 1 aliphatic carbocycles. The zero-order valence-electron chi connectivity index (χ0n) is 27.0. The SMILES string of the molecule is COc1ccc2c(CO[C@@H]3C[C@@H](C(N)=O)N(C(=O)[C@@H](NC(=O)OC(C)(C)C)C(C)C)C3)cc(-c3ccc4c(c3)CCC4)nc2c1. The van der Waals surface area contributed by atoms with Crippen LogP contribution in [-0.4, -0.2) is 65.2 Å². The molecular weight excluding hydrogens is 572 g/mol. The van der Waals surface area contributed by atoms with Crippen LogP contribution in [0.4, 0.5) is 4.79 Å². The Labute approximate surface area is 264 Å². The standard InChI is InChI=1S/C35H44N4O6/c1-20(2)31(38-34(42)45-35(3,4)5)33(41)39-18-26(17-30(39)32(36)40)44-19-24-15-28(23-11-10-21-8-7-9-22(21)14-23)37-29-16-25(43-6)12-13-27(24)29/h10-16,20,26,30-31H,7-9,17-19H2,1-6H3,(H2,36,40)(H,38,42)/t26-,30+,31+/m1/s1. The van der Waals surface area contributed by atoms with E-state index in [0.29, 0.717) is 5.75 Å². The van der Waals surface area contributed by atoms with Crippen LogP contribution in [0, 0.1) is 5.92 Å². The van der Waals surface area contributed by atoms with Crippen LogP contribution in [0.2, 0.25) is 0 Å². The summed E-state index contributed by atoms with van der Waals surface area (Å²) in [5.41, 5.74) is 11.4. The van der Waals surface area contributed by atoms with Crippen LogP contribution in [-0.2, 0) is 38.5 Å². The van der Waals surface area contributed by atoms with E-state index in [4.69, 9.17) is 24.9 Å². The van der Waals surface area contributed by atoms with Crippen LogP contribution in [0.15, 0.2) is 42.5 Å². The zero-order chi connectivity index (χ0) is 32.5. The normalized spacial score (nSPS) is 18.6. The zero-order valence-corrected chi connectivity index (χ0v) is 27.0. The molecule has 1 fully saturated rings. The molecule has 0 unspecified atom stereocenters. The van der Waals surface area contributed by atoms with Crippen LogP contribution in [0.1, 0.15) is 64.2 Å². The number of alkyl carbamates (subject to hydrolysis) is 1. The number of primary amides is 1. The Morgan fingerprint density at radius 3 is 2.51 bits per heavy atom. The fraction of sp³-hybridized carbons (Fsp3) is 0.486. The summed E-state index contributed by atoms with van der Waals surface area (Å²) in [6, 6.07) is 12.6. The smallest absolute Gasteiger partial charge is 0.408 e. The van der Waals surface area contributed by atoms with E-state index in [2.05, 4.69) is 29.6 Å². The molecule has 45 heavy (non-hydrogen) atoms. The first-order valence-corrected chi connectivity index (χ1v) is 15.6. The Kier molecular flexibility index (Phi) is 9.34. The summed E-state index contributed by atoms with van der Waals surface area (Å²) in [5.74, 6) is -0.557. The Morgan fingerprint density at radius 2 is 1.82 bits per heavy atom. The van der Waals surface area contributed by atoms with Gasteiger partial charge in [0.1, 0.15) is 23.4 Å². The number of pyridine rings is 1. The van der Waals surface area contributed by atoms with E-state index in [9.17, 15) is 14.4 Å². The minimum absolute atomic E-state index is 0.167. The van der Waals surface area contributed by atoms with Crippen molar-refractivity contribution in [3.63, 3.8) is 0 Å². The monoisotopic (exact) mass is 616 g/mol. The molecule has 1 aliphatic heterocycles. The van der Waals surface area contributed by atoms with Gasteiger partial charge in [-0.05, 0) is 86.9 Å². The van der Waals surface area contributed by atoms with E-state index in [0.717, 1.165) is 40.6 Å². The van der Waals surface area contributed by atoms with Crippen molar-refractivity contribution in [1.29, 1.82) is 0 Å². The molecule has 2 aliphatic rings. The van der Waals surface area contributed by atoms with Gasteiger partial charge in [0.05, 0.1) is 31.0 Å². The second-order valence-corrected chi connectivity index (χ2v) is 13.3. The number of hydrogen-bond acceptors (Lipinski definition) is 7. The molecular formula is C35H44N4O6. The lowest BCUT2D eigenvalue weighted by atomic mass is 10.0. The summed E-state index contributed by atoms with van der Waals surface area (Å²) in [4.78, 5) is 45.1. The van der Waals surface area contributed by atoms with Crippen molar-refractivity contribution in [2.75, 3.05) is 13.7 Å². The van der Waals surface area contributed by atoms with Gasteiger partial charge in [0.15, 0.2) is 0 Å². The van der Waals surface area contributed by atoms with Crippen molar-refractivity contribution in [2.45, 2.75) is 90.7 Å².